The second-order valence-corrected chi connectivity index (χ2v) is 8.82. The van der Waals surface area contributed by atoms with E-state index in [2.05, 4.69) is 25.2 Å². The molecule has 1 spiro atoms. The molecule has 2 aliphatic rings. The lowest BCUT2D eigenvalue weighted by Crippen LogP contribution is -2.30. The summed E-state index contributed by atoms with van der Waals surface area (Å²) in [5.41, 5.74) is 8.59. The molecule has 0 radical (unpaired) electrons. The Labute approximate surface area is 189 Å². The van der Waals surface area contributed by atoms with Gasteiger partial charge in [-0.15, -0.1) is 0 Å². The van der Waals surface area contributed by atoms with Gasteiger partial charge in [-0.1, -0.05) is 0 Å². The van der Waals surface area contributed by atoms with Gasteiger partial charge in [0.05, 0.1) is 36.1 Å². The van der Waals surface area contributed by atoms with Crippen molar-refractivity contribution in [3.8, 4) is 17.5 Å². The second-order valence-electron chi connectivity index (χ2n) is 8.82. The first kappa shape index (κ1) is 20.0. The van der Waals surface area contributed by atoms with E-state index in [9.17, 15) is 4.39 Å². The number of methoxy groups -OCH3 is 1. The Morgan fingerprint density at radius 1 is 1.21 bits per heavy atom. The molecule has 170 valence electrons. The number of hydrogen-bond acceptors (Lipinski definition) is 8. The van der Waals surface area contributed by atoms with Crippen molar-refractivity contribution in [1.29, 1.82) is 0 Å². The van der Waals surface area contributed by atoms with Crippen molar-refractivity contribution < 1.29 is 13.9 Å². The van der Waals surface area contributed by atoms with Gasteiger partial charge < -0.3 is 30.4 Å². The molecule has 4 N–H and O–H groups in total. The first-order chi connectivity index (χ1) is 16.0. The molecular formula is C23H24FN7O2. The Morgan fingerprint density at radius 3 is 2.76 bits per heavy atom. The lowest BCUT2D eigenvalue weighted by molar-refractivity contribution is 0.401. The fourth-order valence-electron chi connectivity index (χ4n) is 4.81. The summed E-state index contributed by atoms with van der Waals surface area (Å²) >= 11 is 0. The maximum absolute atomic E-state index is 14.5. The zero-order chi connectivity index (χ0) is 22.7. The normalized spacial score (nSPS) is 18.9. The first-order valence-corrected chi connectivity index (χ1v) is 10.9. The quantitative estimate of drug-likeness (QED) is 0.425. The first-order valence-electron chi connectivity index (χ1n) is 10.9. The average molecular weight is 449 g/mol. The lowest BCUT2D eigenvalue weighted by Gasteiger charge is -2.19. The number of halogens is 1. The fraction of sp³-hybridized carbons (Fsp3) is 0.348. The van der Waals surface area contributed by atoms with Crippen LogP contribution in [0.15, 0.2) is 30.6 Å². The third-order valence-electron chi connectivity index (χ3n) is 6.79. The number of aromatic nitrogens is 4. The van der Waals surface area contributed by atoms with Gasteiger partial charge >= 0.3 is 6.01 Å². The molecule has 4 heterocycles. The van der Waals surface area contributed by atoms with E-state index in [1.54, 1.807) is 32.6 Å². The number of anilines is 2. The molecule has 0 unspecified atom stereocenters. The highest BCUT2D eigenvalue weighted by molar-refractivity contribution is 6.14. The van der Waals surface area contributed by atoms with Crippen LogP contribution in [0.1, 0.15) is 12.8 Å². The van der Waals surface area contributed by atoms with E-state index in [1.165, 1.54) is 12.1 Å². The molecule has 10 heteroatoms. The molecule has 1 aromatic carbocycles. The Hall–Kier alpha value is -3.66. The third kappa shape index (κ3) is 3.20. The Kier molecular flexibility index (Phi) is 4.34. The van der Waals surface area contributed by atoms with Crippen molar-refractivity contribution in [2.45, 2.75) is 18.9 Å². The van der Waals surface area contributed by atoms with Crippen molar-refractivity contribution >= 4 is 33.4 Å². The smallest absolute Gasteiger partial charge is 0.326 e. The van der Waals surface area contributed by atoms with Crippen LogP contribution in [0.25, 0.3) is 21.9 Å². The number of hydrogen-bond donors (Lipinski definition) is 3. The topological polar surface area (TPSA) is 114 Å². The standard InChI is InChI=1S/C23H24FN7O2/c1-26-16-6-12(24)5-15-18-20(28-19(15)16)29-22(33-14-7-13(32-2)8-27-9-14)30-21(18)31-10-17(25)23(11-31)3-4-23/h5-9,17,26H,3-4,10-11,25H2,1-2H3,(H,28,29,30)/t17-/m0/s1. The summed E-state index contributed by atoms with van der Waals surface area (Å²) in [5, 5.41) is 4.52. The zero-order valence-corrected chi connectivity index (χ0v) is 18.4. The molecule has 1 aliphatic heterocycles. The van der Waals surface area contributed by atoms with Crippen molar-refractivity contribution in [3.63, 3.8) is 0 Å². The summed E-state index contributed by atoms with van der Waals surface area (Å²) in [6, 6.07) is 4.91. The molecule has 0 amide bonds. The number of nitrogens with zero attached hydrogens (tertiary/aromatic N) is 4. The van der Waals surface area contributed by atoms with Gasteiger partial charge in [-0.25, -0.2) is 4.39 Å². The van der Waals surface area contributed by atoms with Crippen molar-refractivity contribution in [3.05, 3.63) is 36.4 Å². The Balaban J connectivity index is 1.53. The van der Waals surface area contributed by atoms with Crippen LogP contribution in [0, 0.1) is 11.2 Å². The summed E-state index contributed by atoms with van der Waals surface area (Å²) < 4.78 is 25.7. The van der Waals surface area contributed by atoms with E-state index in [-0.39, 0.29) is 23.3 Å². The monoisotopic (exact) mass is 449 g/mol. The zero-order valence-electron chi connectivity index (χ0n) is 18.4. The van der Waals surface area contributed by atoms with Gasteiger partial charge in [0.25, 0.3) is 0 Å². The van der Waals surface area contributed by atoms with Gasteiger partial charge in [0, 0.05) is 43.0 Å². The van der Waals surface area contributed by atoms with Crippen molar-refractivity contribution in [1.82, 2.24) is 19.9 Å². The molecule has 2 fully saturated rings. The van der Waals surface area contributed by atoms with E-state index in [0.29, 0.717) is 40.6 Å². The van der Waals surface area contributed by atoms with Crippen LogP contribution in [0.3, 0.4) is 0 Å². The SMILES string of the molecule is CNc1cc(F)cc2c1[nH]c1nc(Oc3cncc(OC)c3)nc(N3C[C@H](N)C4(CC4)C3)c12. The number of fused-ring (bicyclic) bond motifs is 3. The Morgan fingerprint density at radius 2 is 2.03 bits per heavy atom. The van der Waals surface area contributed by atoms with Gasteiger partial charge in [-0.3, -0.25) is 4.98 Å². The Bertz CT molecular complexity index is 1380. The van der Waals surface area contributed by atoms with Crippen LogP contribution in [-0.4, -0.2) is 53.2 Å². The predicted molar refractivity (Wildman–Crippen MR) is 124 cm³/mol. The minimum Gasteiger partial charge on any atom is -0.495 e. The molecule has 1 aliphatic carbocycles. The lowest BCUT2D eigenvalue weighted by atomic mass is 10.0. The van der Waals surface area contributed by atoms with E-state index in [4.69, 9.17) is 20.2 Å². The summed E-state index contributed by atoms with van der Waals surface area (Å²) in [6.45, 7) is 1.48. The number of ether oxygens (including phenoxy) is 2. The van der Waals surface area contributed by atoms with E-state index in [1.807, 2.05) is 0 Å². The summed E-state index contributed by atoms with van der Waals surface area (Å²) in [4.78, 5) is 19.0. The average Bonchev–Trinajstić information content (AvgIpc) is 3.40. The highest BCUT2D eigenvalue weighted by atomic mass is 19.1. The number of nitrogens with two attached hydrogens (primary N) is 1. The van der Waals surface area contributed by atoms with Gasteiger partial charge in [0.15, 0.2) is 5.75 Å². The van der Waals surface area contributed by atoms with Crippen molar-refractivity contribution in [2.75, 3.05) is 37.5 Å². The molecule has 1 saturated carbocycles. The van der Waals surface area contributed by atoms with Crippen LogP contribution in [0.2, 0.25) is 0 Å². The molecule has 6 rings (SSSR count). The van der Waals surface area contributed by atoms with Crippen LogP contribution >= 0.6 is 0 Å². The van der Waals surface area contributed by atoms with Crippen LogP contribution in [-0.2, 0) is 0 Å². The number of H-pyrrole nitrogens is 1. The van der Waals surface area contributed by atoms with Gasteiger partial charge in [-0.2, -0.15) is 9.97 Å². The minimum atomic E-state index is -0.335. The molecular weight excluding hydrogens is 425 g/mol. The molecule has 9 nitrogen and oxygen atoms in total. The van der Waals surface area contributed by atoms with Crippen molar-refractivity contribution in [2.24, 2.45) is 11.1 Å². The van der Waals surface area contributed by atoms with Crippen LogP contribution in [0.5, 0.6) is 17.5 Å². The molecule has 1 saturated heterocycles. The highest BCUT2D eigenvalue weighted by Gasteiger charge is 2.54. The highest BCUT2D eigenvalue weighted by Crippen LogP contribution is 2.53. The summed E-state index contributed by atoms with van der Waals surface area (Å²) in [7, 11) is 3.32. The van der Waals surface area contributed by atoms with Gasteiger partial charge in [-0.05, 0) is 25.0 Å². The fourth-order valence-corrected chi connectivity index (χ4v) is 4.81. The van der Waals surface area contributed by atoms with E-state index < -0.39 is 0 Å². The maximum Gasteiger partial charge on any atom is 0.326 e. The molecule has 3 aromatic heterocycles. The van der Waals surface area contributed by atoms with E-state index in [0.717, 1.165) is 30.3 Å². The van der Waals surface area contributed by atoms with Crippen LogP contribution < -0.4 is 25.4 Å². The van der Waals surface area contributed by atoms with E-state index >= 15 is 0 Å². The number of benzene rings is 1. The minimum absolute atomic E-state index is 0.0734. The van der Waals surface area contributed by atoms with Crippen LogP contribution in [0.4, 0.5) is 15.9 Å². The largest absolute Gasteiger partial charge is 0.495 e. The molecule has 33 heavy (non-hydrogen) atoms. The number of aromatic amines is 1. The third-order valence-corrected chi connectivity index (χ3v) is 6.79. The summed E-state index contributed by atoms with van der Waals surface area (Å²) in [5.74, 6) is 1.37. The predicted octanol–water partition coefficient (Wildman–Crippen LogP) is 3.42. The molecule has 0 bridgehead atoms. The number of nitrogens with one attached hydrogen (secondary N) is 2. The number of rotatable bonds is 5. The van der Waals surface area contributed by atoms with Gasteiger partial charge in [0.2, 0.25) is 0 Å². The summed E-state index contributed by atoms with van der Waals surface area (Å²) in [6.07, 6.45) is 5.39. The molecule has 1 atom stereocenters. The van der Waals surface area contributed by atoms with Gasteiger partial charge in [0.1, 0.15) is 23.0 Å². The second kappa shape index (κ2) is 7.17. The molecule has 4 aromatic rings. The number of pyridine rings is 1. The maximum atomic E-state index is 14.5.